The van der Waals surface area contributed by atoms with Crippen LogP contribution in [-0.4, -0.2) is 45.4 Å². The van der Waals surface area contributed by atoms with Gasteiger partial charge in [0.2, 0.25) is 5.82 Å². The number of tetrazole rings is 1. The number of aliphatic carboxylic acids is 1. The van der Waals surface area contributed by atoms with Crippen molar-refractivity contribution in [2.75, 3.05) is 13.7 Å². The average molecular weight is 545 g/mol. The predicted octanol–water partition coefficient (Wildman–Crippen LogP) is 4.11. The quantitative estimate of drug-likeness (QED) is 0.281. The van der Waals surface area contributed by atoms with Crippen LogP contribution in [0.3, 0.4) is 0 Å². The third-order valence-corrected chi connectivity index (χ3v) is 7.47. The highest BCUT2D eigenvalue weighted by atomic mass is 17.2. The lowest BCUT2D eigenvalue weighted by Gasteiger charge is -2.34. The minimum absolute atomic E-state index is 0.0170. The van der Waals surface area contributed by atoms with Gasteiger partial charge in [-0.15, -0.1) is 10.2 Å². The molecule has 0 fully saturated rings. The van der Waals surface area contributed by atoms with Crippen LogP contribution in [0.4, 0.5) is 0 Å². The number of aromatic amines is 1. The number of carboxylic acids is 1. The number of aromatic nitrogens is 4. The molecule has 0 amide bonds. The maximum Gasteiger partial charge on any atom is 0.315 e. The summed E-state index contributed by atoms with van der Waals surface area (Å²) in [6.07, 6.45) is 0.968. The normalized spacial score (nSPS) is 19.0. The number of rotatable bonds is 10. The van der Waals surface area contributed by atoms with E-state index in [-0.39, 0.29) is 13.0 Å². The molecule has 0 saturated heterocycles. The van der Waals surface area contributed by atoms with Gasteiger partial charge < -0.3 is 24.2 Å². The summed E-state index contributed by atoms with van der Waals surface area (Å²) < 4.78 is 18.0. The molecule has 206 valence electrons. The van der Waals surface area contributed by atoms with E-state index in [1.54, 1.807) is 25.3 Å². The first-order valence-electron chi connectivity index (χ1n) is 13.0. The average Bonchev–Trinajstić information content (AvgIpc) is 3.73. The second-order valence-electron chi connectivity index (χ2n) is 9.73. The fraction of sp³-hybridized carbons (Fsp3) is 0.310. The van der Waals surface area contributed by atoms with Gasteiger partial charge in [0, 0.05) is 22.6 Å². The molecule has 2 atom stereocenters. The maximum absolute atomic E-state index is 13.6. The third-order valence-electron chi connectivity index (χ3n) is 7.47. The lowest BCUT2D eigenvalue weighted by molar-refractivity contribution is -0.194. The van der Waals surface area contributed by atoms with Crippen molar-refractivity contribution in [3.63, 3.8) is 0 Å². The topological polar surface area (TPSA) is 138 Å². The number of carbonyl (C=O) groups is 1. The van der Waals surface area contributed by atoms with Crippen molar-refractivity contribution in [3.05, 3.63) is 88.2 Å². The molecule has 0 radical (unpaired) electrons. The summed E-state index contributed by atoms with van der Waals surface area (Å²) in [7, 11) is 1.58. The van der Waals surface area contributed by atoms with Crippen LogP contribution in [0.25, 0.3) is 0 Å². The Bertz CT molecular complexity index is 1540. The Morgan fingerprint density at radius 3 is 2.80 bits per heavy atom. The number of H-pyrrole nitrogens is 1. The molecule has 0 spiro atoms. The number of carboxylic acid groups (broad SMARTS) is 1. The lowest BCUT2D eigenvalue weighted by Crippen LogP contribution is -2.41. The van der Waals surface area contributed by atoms with Crippen LogP contribution in [0.5, 0.6) is 23.0 Å². The highest BCUT2D eigenvalue weighted by Crippen LogP contribution is 2.58. The number of nitrogens with zero attached hydrogens (tertiary/aromatic N) is 3. The van der Waals surface area contributed by atoms with E-state index in [9.17, 15) is 9.90 Å². The van der Waals surface area contributed by atoms with Crippen molar-refractivity contribution in [2.24, 2.45) is 0 Å². The van der Waals surface area contributed by atoms with Crippen LogP contribution in [-0.2, 0) is 34.7 Å². The zero-order valence-electron chi connectivity index (χ0n) is 22.0. The Hall–Kier alpha value is -4.64. The first-order valence-corrected chi connectivity index (χ1v) is 13.0. The van der Waals surface area contributed by atoms with Crippen LogP contribution >= 0.6 is 0 Å². The molecule has 1 aliphatic carbocycles. The van der Waals surface area contributed by atoms with Crippen molar-refractivity contribution in [3.8, 4) is 23.0 Å². The van der Waals surface area contributed by atoms with Crippen LogP contribution in [0, 0.1) is 0 Å². The highest BCUT2D eigenvalue weighted by molar-refractivity contribution is 5.88. The number of methoxy groups -OCH3 is 1. The number of nitrogens with one attached hydrogen (secondary N) is 1. The molecule has 2 N–H and O–H groups in total. The molecule has 4 aromatic rings. The van der Waals surface area contributed by atoms with Crippen LogP contribution in [0.2, 0.25) is 0 Å². The van der Waals surface area contributed by atoms with E-state index in [0.29, 0.717) is 47.6 Å². The monoisotopic (exact) mass is 544 g/mol. The van der Waals surface area contributed by atoms with E-state index >= 15 is 0 Å². The standard InChI is InChI=1S/C29H28N4O7/c1-3-12-37-23-11-10-19-20(27(23)36-2)14-29(28(34)35,26(19)17-8-9-18-15-39-40-24(18)13-17)21-6-4-5-7-22(21)38-16-25-30-32-33-31-25/h4-11,13,26H,3,12,14-16H2,1-2H3,(H,34,35)(H,30,31,32,33). The Balaban J connectivity index is 1.55. The van der Waals surface area contributed by atoms with Gasteiger partial charge in [-0.3, -0.25) is 4.79 Å². The molecule has 11 nitrogen and oxygen atoms in total. The minimum Gasteiger partial charge on any atom is -0.493 e. The molecule has 0 bridgehead atoms. The van der Waals surface area contributed by atoms with Gasteiger partial charge in [0.05, 0.1) is 13.7 Å². The van der Waals surface area contributed by atoms with Gasteiger partial charge in [0.25, 0.3) is 0 Å². The summed E-state index contributed by atoms with van der Waals surface area (Å²) in [4.78, 5) is 24.2. The predicted molar refractivity (Wildman–Crippen MR) is 140 cm³/mol. The molecule has 0 saturated carbocycles. The Morgan fingerprint density at radius 1 is 1.15 bits per heavy atom. The van der Waals surface area contributed by atoms with Crippen molar-refractivity contribution in [2.45, 2.75) is 44.3 Å². The van der Waals surface area contributed by atoms with E-state index in [1.807, 2.05) is 43.3 Å². The molecular formula is C29H28N4O7. The first kappa shape index (κ1) is 25.6. The molecular weight excluding hydrogens is 516 g/mol. The summed E-state index contributed by atoms with van der Waals surface area (Å²) in [5.41, 5.74) is 2.32. The molecule has 11 heteroatoms. The molecule has 3 aromatic carbocycles. The van der Waals surface area contributed by atoms with Gasteiger partial charge in [-0.25, -0.2) is 0 Å². The molecule has 2 heterocycles. The molecule has 1 aliphatic heterocycles. The minimum atomic E-state index is -1.46. The van der Waals surface area contributed by atoms with Crippen molar-refractivity contribution >= 4 is 5.97 Å². The number of ether oxygens (including phenoxy) is 3. The Labute approximate surface area is 229 Å². The SMILES string of the molecule is CCCOc1ccc2c(c1OC)CC(C(=O)O)(c1ccccc1OCc1nn[nH]n1)C2c1ccc2c(c1)OOC2. The summed E-state index contributed by atoms with van der Waals surface area (Å²) >= 11 is 0. The van der Waals surface area contributed by atoms with Crippen molar-refractivity contribution < 1.29 is 33.9 Å². The van der Waals surface area contributed by atoms with E-state index in [2.05, 4.69) is 20.6 Å². The van der Waals surface area contributed by atoms with Crippen LogP contribution in [0.15, 0.2) is 54.6 Å². The van der Waals surface area contributed by atoms with E-state index in [4.69, 9.17) is 24.0 Å². The van der Waals surface area contributed by atoms with E-state index < -0.39 is 17.3 Å². The molecule has 2 unspecified atom stereocenters. The van der Waals surface area contributed by atoms with Crippen molar-refractivity contribution in [1.82, 2.24) is 20.6 Å². The summed E-state index contributed by atoms with van der Waals surface area (Å²) in [6, 6.07) is 16.7. The van der Waals surface area contributed by atoms with Crippen LogP contribution in [0.1, 0.15) is 52.9 Å². The molecule has 2 aliphatic rings. The van der Waals surface area contributed by atoms with Gasteiger partial charge in [-0.2, -0.15) is 10.1 Å². The Kier molecular flexibility index (Phi) is 6.72. The van der Waals surface area contributed by atoms with Gasteiger partial charge in [0.15, 0.2) is 23.9 Å². The number of fused-ring (bicyclic) bond motifs is 2. The van der Waals surface area contributed by atoms with Gasteiger partial charge in [-0.1, -0.05) is 48.5 Å². The summed E-state index contributed by atoms with van der Waals surface area (Å²) in [5.74, 6) is 0.830. The van der Waals surface area contributed by atoms with E-state index in [0.717, 1.165) is 28.7 Å². The van der Waals surface area contributed by atoms with Crippen LogP contribution < -0.4 is 19.1 Å². The number of hydrogen-bond acceptors (Lipinski definition) is 9. The number of para-hydroxylation sites is 1. The van der Waals surface area contributed by atoms with E-state index in [1.165, 1.54) is 0 Å². The molecule has 40 heavy (non-hydrogen) atoms. The zero-order chi connectivity index (χ0) is 27.7. The van der Waals surface area contributed by atoms with Crippen molar-refractivity contribution in [1.29, 1.82) is 0 Å². The fourth-order valence-corrected chi connectivity index (χ4v) is 5.75. The summed E-state index contributed by atoms with van der Waals surface area (Å²) in [5, 5.41) is 25.0. The third kappa shape index (κ3) is 4.19. The highest BCUT2D eigenvalue weighted by Gasteiger charge is 2.56. The molecule has 6 rings (SSSR count). The molecule has 1 aromatic heterocycles. The number of hydrogen-bond donors (Lipinski definition) is 2. The lowest BCUT2D eigenvalue weighted by atomic mass is 9.67. The fourth-order valence-electron chi connectivity index (χ4n) is 5.75. The van der Waals surface area contributed by atoms with Gasteiger partial charge in [0.1, 0.15) is 17.8 Å². The zero-order valence-corrected chi connectivity index (χ0v) is 22.0. The van der Waals surface area contributed by atoms with Gasteiger partial charge in [-0.05, 0) is 42.2 Å². The number of benzene rings is 3. The maximum atomic E-state index is 13.6. The first-order chi connectivity index (χ1) is 19.6. The smallest absolute Gasteiger partial charge is 0.315 e. The Morgan fingerprint density at radius 2 is 2.02 bits per heavy atom. The van der Waals surface area contributed by atoms with Gasteiger partial charge >= 0.3 is 5.97 Å². The second kappa shape index (κ2) is 10.5. The summed E-state index contributed by atoms with van der Waals surface area (Å²) in [6.45, 7) is 2.89. The second-order valence-corrected chi connectivity index (χ2v) is 9.73. The largest absolute Gasteiger partial charge is 0.493 e.